The van der Waals surface area contributed by atoms with Crippen molar-refractivity contribution in [2.45, 2.75) is 26.2 Å². The van der Waals surface area contributed by atoms with E-state index in [1.54, 1.807) is 6.20 Å². The first-order valence-electron chi connectivity index (χ1n) is 6.04. The van der Waals surface area contributed by atoms with Crippen molar-refractivity contribution in [2.24, 2.45) is 0 Å². The van der Waals surface area contributed by atoms with Gasteiger partial charge in [0.25, 0.3) is 0 Å². The number of fused-ring (bicyclic) bond motifs is 1. The summed E-state index contributed by atoms with van der Waals surface area (Å²) in [4.78, 5) is 4.24. The number of rotatable bonds is 2. The van der Waals surface area contributed by atoms with Crippen molar-refractivity contribution in [3.8, 4) is 11.6 Å². The lowest BCUT2D eigenvalue weighted by atomic mass is 10.1. The van der Waals surface area contributed by atoms with E-state index < -0.39 is 0 Å². The maximum absolute atomic E-state index is 5.89. The molecule has 0 spiro atoms. The topological polar surface area (TPSA) is 22.1 Å². The van der Waals surface area contributed by atoms with Crippen molar-refractivity contribution in [3.05, 3.63) is 53.2 Å². The van der Waals surface area contributed by atoms with Gasteiger partial charge in [-0.25, -0.2) is 4.98 Å². The summed E-state index contributed by atoms with van der Waals surface area (Å²) in [6.45, 7) is 2.05. The summed E-state index contributed by atoms with van der Waals surface area (Å²) in [5.41, 5.74) is 3.95. The molecule has 0 aliphatic heterocycles. The Balaban J connectivity index is 1.93. The van der Waals surface area contributed by atoms with E-state index in [9.17, 15) is 0 Å². The maximum atomic E-state index is 5.89. The monoisotopic (exact) mass is 225 g/mol. The summed E-state index contributed by atoms with van der Waals surface area (Å²) in [5.74, 6) is 1.66. The van der Waals surface area contributed by atoms with Crippen LogP contribution in [-0.2, 0) is 12.8 Å². The van der Waals surface area contributed by atoms with Gasteiger partial charge in [0.2, 0.25) is 5.88 Å². The van der Waals surface area contributed by atoms with E-state index in [0.29, 0.717) is 5.88 Å². The number of pyridine rings is 1. The minimum absolute atomic E-state index is 0.685. The smallest absolute Gasteiger partial charge is 0.219 e. The largest absolute Gasteiger partial charge is 0.439 e. The zero-order valence-electron chi connectivity index (χ0n) is 9.94. The summed E-state index contributed by atoms with van der Waals surface area (Å²) < 4.78 is 5.89. The third-order valence-corrected chi connectivity index (χ3v) is 3.21. The van der Waals surface area contributed by atoms with Crippen molar-refractivity contribution in [3.63, 3.8) is 0 Å². The predicted molar refractivity (Wildman–Crippen MR) is 67.5 cm³/mol. The number of aromatic nitrogens is 1. The molecule has 0 N–H and O–H groups in total. The van der Waals surface area contributed by atoms with Gasteiger partial charge in [0.05, 0.1) is 0 Å². The number of ether oxygens (including phenoxy) is 1. The number of aryl methyl sites for hydroxylation is 2. The summed E-state index contributed by atoms with van der Waals surface area (Å²) in [6.07, 6.45) is 5.32. The first-order valence-corrected chi connectivity index (χ1v) is 6.04. The fourth-order valence-corrected chi connectivity index (χ4v) is 2.36. The summed E-state index contributed by atoms with van der Waals surface area (Å²) in [6, 6.07) is 10.2. The molecule has 2 heteroatoms. The van der Waals surface area contributed by atoms with Crippen molar-refractivity contribution in [1.29, 1.82) is 0 Å². The molecule has 3 rings (SSSR count). The summed E-state index contributed by atoms with van der Waals surface area (Å²) in [7, 11) is 0. The van der Waals surface area contributed by atoms with Crippen LogP contribution < -0.4 is 4.74 Å². The van der Waals surface area contributed by atoms with Gasteiger partial charge >= 0.3 is 0 Å². The number of hydrogen-bond acceptors (Lipinski definition) is 2. The molecule has 2 aromatic rings. The van der Waals surface area contributed by atoms with Gasteiger partial charge in [-0.1, -0.05) is 12.1 Å². The number of hydrogen-bond donors (Lipinski definition) is 0. The van der Waals surface area contributed by atoms with Crippen molar-refractivity contribution in [1.82, 2.24) is 4.98 Å². The molecule has 0 radical (unpaired) electrons. The molecule has 0 saturated carbocycles. The molecular weight excluding hydrogens is 210 g/mol. The van der Waals surface area contributed by atoms with Crippen molar-refractivity contribution < 1.29 is 4.74 Å². The summed E-state index contributed by atoms with van der Waals surface area (Å²) in [5, 5.41) is 0. The highest BCUT2D eigenvalue weighted by Crippen LogP contribution is 2.32. The van der Waals surface area contributed by atoms with E-state index >= 15 is 0 Å². The molecule has 0 saturated heterocycles. The van der Waals surface area contributed by atoms with Crippen LogP contribution in [0, 0.1) is 6.92 Å². The predicted octanol–water partition coefficient (Wildman–Crippen LogP) is 3.67. The van der Waals surface area contributed by atoms with E-state index in [4.69, 9.17) is 4.74 Å². The van der Waals surface area contributed by atoms with E-state index in [1.165, 1.54) is 29.5 Å². The Morgan fingerprint density at radius 3 is 3.00 bits per heavy atom. The van der Waals surface area contributed by atoms with E-state index in [1.807, 2.05) is 25.1 Å². The Morgan fingerprint density at radius 1 is 1.18 bits per heavy atom. The second-order valence-corrected chi connectivity index (χ2v) is 4.52. The Bertz CT molecular complexity index is 548. The van der Waals surface area contributed by atoms with E-state index in [0.717, 1.165) is 12.2 Å². The Hall–Kier alpha value is -1.83. The highest BCUT2D eigenvalue weighted by molar-refractivity contribution is 5.44. The molecule has 1 heterocycles. The lowest BCUT2D eigenvalue weighted by Gasteiger charge is -2.09. The Kier molecular flexibility index (Phi) is 2.56. The minimum Gasteiger partial charge on any atom is -0.439 e. The number of nitrogens with zero attached hydrogens (tertiary/aromatic N) is 1. The molecule has 86 valence electrons. The van der Waals surface area contributed by atoms with Crippen LogP contribution in [0.1, 0.15) is 23.1 Å². The zero-order valence-corrected chi connectivity index (χ0v) is 9.94. The summed E-state index contributed by atoms with van der Waals surface area (Å²) >= 11 is 0. The van der Waals surface area contributed by atoms with Crippen LogP contribution in [0.15, 0.2) is 36.5 Å². The molecule has 0 bridgehead atoms. The lowest BCUT2D eigenvalue weighted by molar-refractivity contribution is 0.457. The molecule has 0 atom stereocenters. The van der Waals surface area contributed by atoms with Crippen LogP contribution in [0.3, 0.4) is 0 Å². The van der Waals surface area contributed by atoms with Gasteiger partial charge in [-0.15, -0.1) is 0 Å². The van der Waals surface area contributed by atoms with Crippen LogP contribution in [0.25, 0.3) is 0 Å². The van der Waals surface area contributed by atoms with Crippen LogP contribution >= 0.6 is 0 Å². The fourth-order valence-electron chi connectivity index (χ4n) is 2.36. The molecule has 0 fully saturated rings. The van der Waals surface area contributed by atoms with Gasteiger partial charge in [-0.2, -0.15) is 0 Å². The van der Waals surface area contributed by atoms with E-state index in [2.05, 4.69) is 17.1 Å². The SMILES string of the molecule is Cc1ccnc(Oc2cccc3c2CCC3)c1. The van der Waals surface area contributed by atoms with Gasteiger partial charge in [0.15, 0.2) is 0 Å². The Labute approximate surface area is 101 Å². The van der Waals surface area contributed by atoms with Gasteiger partial charge in [-0.3, -0.25) is 0 Å². The molecule has 17 heavy (non-hydrogen) atoms. The maximum Gasteiger partial charge on any atom is 0.219 e. The second kappa shape index (κ2) is 4.21. The minimum atomic E-state index is 0.685. The second-order valence-electron chi connectivity index (χ2n) is 4.52. The highest BCUT2D eigenvalue weighted by atomic mass is 16.5. The molecule has 2 nitrogen and oxygen atoms in total. The molecule has 0 amide bonds. The third-order valence-electron chi connectivity index (χ3n) is 3.21. The van der Waals surface area contributed by atoms with E-state index in [-0.39, 0.29) is 0 Å². The molecule has 1 aliphatic carbocycles. The lowest BCUT2D eigenvalue weighted by Crippen LogP contribution is -1.92. The molecule has 0 unspecified atom stereocenters. The van der Waals surface area contributed by atoms with Crippen molar-refractivity contribution in [2.75, 3.05) is 0 Å². The van der Waals surface area contributed by atoms with Gasteiger partial charge < -0.3 is 4.74 Å². The highest BCUT2D eigenvalue weighted by Gasteiger charge is 2.15. The normalized spacial score (nSPS) is 13.5. The van der Waals surface area contributed by atoms with Crippen LogP contribution in [-0.4, -0.2) is 4.98 Å². The quantitative estimate of drug-likeness (QED) is 0.778. The van der Waals surface area contributed by atoms with Crippen LogP contribution in [0.5, 0.6) is 11.6 Å². The Morgan fingerprint density at radius 2 is 2.12 bits per heavy atom. The van der Waals surface area contributed by atoms with Gasteiger partial charge in [-0.05, 0) is 55.0 Å². The first-order chi connectivity index (χ1) is 8.33. The fraction of sp³-hybridized carbons (Fsp3) is 0.267. The standard InChI is InChI=1S/C15H15NO/c1-11-8-9-16-15(10-11)17-14-7-3-5-12-4-2-6-13(12)14/h3,5,7-10H,2,4,6H2,1H3. The van der Waals surface area contributed by atoms with Gasteiger partial charge in [0, 0.05) is 12.3 Å². The first kappa shape index (κ1) is 10.3. The molecule has 1 aromatic carbocycles. The van der Waals surface area contributed by atoms with Crippen LogP contribution in [0.4, 0.5) is 0 Å². The van der Waals surface area contributed by atoms with Gasteiger partial charge in [0.1, 0.15) is 5.75 Å². The number of benzene rings is 1. The van der Waals surface area contributed by atoms with Crippen molar-refractivity contribution >= 4 is 0 Å². The van der Waals surface area contributed by atoms with Crippen LogP contribution in [0.2, 0.25) is 0 Å². The average molecular weight is 225 g/mol. The molecular formula is C15H15NO. The molecule has 1 aliphatic rings. The molecule has 1 aromatic heterocycles. The zero-order chi connectivity index (χ0) is 11.7. The average Bonchev–Trinajstić information content (AvgIpc) is 2.78. The third kappa shape index (κ3) is 2.03.